The molecule has 0 aliphatic heterocycles. The number of aromatic amines is 1. The van der Waals surface area contributed by atoms with Gasteiger partial charge in [0.15, 0.2) is 0 Å². The molecule has 0 unspecified atom stereocenters. The Labute approximate surface area is 146 Å². The van der Waals surface area contributed by atoms with Crippen LogP contribution in [-0.4, -0.2) is 17.6 Å². The molecule has 4 rings (SSSR count). The van der Waals surface area contributed by atoms with Gasteiger partial charge < -0.3 is 15.5 Å². The van der Waals surface area contributed by atoms with Crippen LogP contribution in [0.25, 0.3) is 22.2 Å². The lowest BCUT2D eigenvalue weighted by Crippen LogP contribution is -2.34. The number of hydrogen-bond donors (Lipinski definition) is 2. The number of ether oxygens (including phenoxy) is 1. The minimum atomic E-state index is -2.90. The van der Waals surface area contributed by atoms with Crippen molar-refractivity contribution in [3.8, 4) is 17.0 Å². The fourth-order valence-electron chi connectivity index (χ4n) is 3.59. The number of benzene rings is 2. The molecule has 1 heterocycles. The molecule has 1 fully saturated rings. The van der Waals surface area contributed by atoms with Crippen LogP contribution in [-0.2, 0) is 0 Å². The summed E-state index contributed by atoms with van der Waals surface area (Å²) in [4.78, 5) is 3.03. The van der Waals surface area contributed by atoms with Crippen LogP contribution in [0.3, 0.4) is 0 Å². The Morgan fingerprint density at radius 3 is 2.38 bits per heavy atom. The second-order valence-corrected chi connectivity index (χ2v) is 6.56. The van der Waals surface area contributed by atoms with Gasteiger partial charge in [0.1, 0.15) is 17.4 Å². The maximum absolute atomic E-state index is 14.2. The Morgan fingerprint density at radius 2 is 1.77 bits per heavy atom. The Bertz CT molecular complexity index is 946. The molecule has 1 aromatic heterocycles. The Morgan fingerprint density at radius 1 is 1.08 bits per heavy atom. The molecule has 3 aromatic rings. The van der Waals surface area contributed by atoms with Crippen LogP contribution in [0.15, 0.2) is 36.4 Å². The average molecular weight is 364 g/mol. The fourth-order valence-corrected chi connectivity index (χ4v) is 3.59. The van der Waals surface area contributed by atoms with E-state index in [0.717, 1.165) is 24.5 Å². The van der Waals surface area contributed by atoms with Gasteiger partial charge in [-0.05, 0) is 60.2 Å². The van der Waals surface area contributed by atoms with Crippen LogP contribution >= 0.6 is 0 Å². The highest BCUT2D eigenvalue weighted by Crippen LogP contribution is 2.45. The number of nitrogens with one attached hydrogen (secondary N) is 1. The molecule has 1 aliphatic rings. The summed E-state index contributed by atoms with van der Waals surface area (Å²) in [5.74, 6) is -1.20. The number of hydrogen-bond acceptors (Lipinski definition) is 2. The molecule has 26 heavy (non-hydrogen) atoms. The number of rotatable bonds is 4. The van der Waals surface area contributed by atoms with Crippen LogP contribution in [0.5, 0.6) is 5.75 Å². The lowest BCUT2D eigenvalue weighted by Gasteiger charge is -2.33. The second kappa shape index (κ2) is 6.32. The van der Waals surface area contributed by atoms with E-state index < -0.39 is 18.2 Å². The fraction of sp³-hybridized carbons (Fsp3) is 0.263. The number of nitrogens with two attached hydrogens (primary N) is 1. The Hall–Kier alpha value is -2.54. The number of fused-ring (bicyclic) bond motifs is 1. The summed E-state index contributed by atoms with van der Waals surface area (Å²) in [5, 5.41) is 0.488. The zero-order valence-electron chi connectivity index (χ0n) is 13.6. The predicted octanol–water partition coefficient (Wildman–Crippen LogP) is 4.92. The van der Waals surface area contributed by atoms with Crippen molar-refractivity contribution < 1.29 is 22.3 Å². The third-order valence-electron chi connectivity index (χ3n) is 4.82. The van der Waals surface area contributed by atoms with Crippen molar-refractivity contribution in [1.29, 1.82) is 0 Å². The normalized spacial score (nSPS) is 19.8. The van der Waals surface area contributed by atoms with E-state index in [1.165, 1.54) is 18.2 Å². The first-order chi connectivity index (χ1) is 12.4. The molecule has 0 spiro atoms. The van der Waals surface area contributed by atoms with Gasteiger partial charge in [-0.2, -0.15) is 8.78 Å². The van der Waals surface area contributed by atoms with Gasteiger partial charge >= 0.3 is 6.61 Å². The van der Waals surface area contributed by atoms with E-state index in [9.17, 15) is 17.6 Å². The summed E-state index contributed by atoms with van der Waals surface area (Å²) in [7, 11) is 0. The molecule has 2 aromatic carbocycles. The third-order valence-corrected chi connectivity index (χ3v) is 4.82. The van der Waals surface area contributed by atoms with Gasteiger partial charge in [-0.25, -0.2) is 8.78 Å². The highest BCUT2D eigenvalue weighted by Gasteiger charge is 2.32. The third kappa shape index (κ3) is 2.92. The van der Waals surface area contributed by atoms with Gasteiger partial charge in [-0.1, -0.05) is 0 Å². The van der Waals surface area contributed by atoms with E-state index >= 15 is 0 Å². The highest BCUT2D eigenvalue weighted by molar-refractivity contribution is 5.92. The maximum Gasteiger partial charge on any atom is 0.387 e. The first kappa shape index (κ1) is 16.9. The first-order valence-electron chi connectivity index (χ1n) is 8.24. The summed E-state index contributed by atoms with van der Waals surface area (Å²) < 4.78 is 57.0. The highest BCUT2D eigenvalue weighted by atomic mass is 19.3. The molecule has 7 heteroatoms. The molecule has 1 saturated carbocycles. The van der Waals surface area contributed by atoms with E-state index in [1.807, 2.05) is 0 Å². The van der Waals surface area contributed by atoms with Crippen molar-refractivity contribution in [1.82, 2.24) is 4.98 Å². The summed E-state index contributed by atoms with van der Waals surface area (Å²) in [6.45, 7) is -2.90. The van der Waals surface area contributed by atoms with Crippen LogP contribution in [0.4, 0.5) is 17.6 Å². The Balaban J connectivity index is 1.83. The van der Waals surface area contributed by atoms with E-state index in [1.54, 1.807) is 12.1 Å². The lowest BCUT2D eigenvalue weighted by atomic mass is 9.75. The van der Waals surface area contributed by atoms with Crippen molar-refractivity contribution in [2.75, 3.05) is 0 Å². The molecule has 3 N–H and O–H groups in total. The topological polar surface area (TPSA) is 51.0 Å². The molecule has 0 bridgehead atoms. The molecule has 136 valence electrons. The molecule has 0 amide bonds. The number of halogens is 4. The zero-order chi connectivity index (χ0) is 18.4. The largest absolute Gasteiger partial charge is 0.435 e. The maximum atomic E-state index is 14.2. The van der Waals surface area contributed by atoms with E-state index in [-0.39, 0.29) is 23.2 Å². The van der Waals surface area contributed by atoms with Gasteiger partial charge in [-0.15, -0.1) is 0 Å². The Kier molecular flexibility index (Phi) is 4.11. The van der Waals surface area contributed by atoms with Gasteiger partial charge in [0.05, 0.1) is 11.2 Å². The van der Waals surface area contributed by atoms with Crippen molar-refractivity contribution in [3.05, 3.63) is 53.6 Å². The zero-order valence-corrected chi connectivity index (χ0v) is 13.6. The van der Waals surface area contributed by atoms with E-state index in [2.05, 4.69) is 9.72 Å². The summed E-state index contributed by atoms with van der Waals surface area (Å²) in [5.41, 5.74) is 8.24. The minimum absolute atomic E-state index is 0.0318. The van der Waals surface area contributed by atoms with Crippen molar-refractivity contribution in [2.45, 2.75) is 31.4 Å². The van der Waals surface area contributed by atoms with Crippen LogP contribution < -0.4 is 10.5 Å². The summed E-state index contributed by atoms with van der Waals surface area (Å²) >= 11 is 0. The summed E-state index contributed by atoms with van der Waals surface area (Å²) in [6, 6.07) is 8.26. The minimum Gasteiger partial charge on any atom is -0.435 e. The van der Waals surface area contributed by atoms with Crippen molar-refractivity contribution >= 4 is 10.9 Å². The van der Waals surface area contributed by atoms with Crippen molar-refractivity contribution in [2.24, 2.45) is 5.73 Å². The van der Waals surface area contributed by atoms with Crippen LogP contribution in [0.1, 0.15) is 24.3 Å². The van der Waals surface area contributed by atoms with E-state index in [0.29, 0.717) is 16.6 Å². The molecular weight excluding hydrogens is 348 g/mol. The number of H-pyrrole nitrogens is 1. The predicted molar refractivity (Wildman–Crippen MR) is 90.2 cm³/mol. The van der Waals surface area contributed by atoms with Crippen molar-refractivity contribution in [3.63, 3.8) is 0 Å². The van der Waals surface area contributed by atoms with Gasteiger partial charge in [0.25, 0.3) is 0 Å². The average Bonchev–Trinajstić information content (AvgIpc) is 2.91. The number of aromatic nitrogens is 1. The molecule has 0 radical (unpaired) electrons. The monoisotopic (exact) mass is 364 g/mol. The standard InChI is InChI=1S/C19H16F4N2O/c20-11-7-14-16(10-5-12(24)6-10)17(25-18(14)15(21)8-11)9-1-3-13(4-2-9)26-19(22)23/h1-4,7-8,10,12,19,25H,5-6,24H2. The van der Waals surface area contributed by atoms with Gasteiger partial charge in [-0.3, -0.25) is 0 Å². The molecular formula is C19H16F4N2O. The van der Waals surface area contributed by atoms with E-state index in [4.69, 9.17) is 5.73 Å². The van der Waals surface area contributed by atoms with Gasteiger partial charge in [0.2, 0.25) is 0 Å². The second-order valence-electron chi connectivity index (χ2n) is 6.56. The molecule has 3 nitrogen and oxygen atoms in total. The number of alkyl halides is 2. The SMILES string of the molecule is NC1CC(c2c(-c3ccc(OC(F)F)cc3)[nH]c3c(F)cc(F)cc23)C1. The molecule has 0 atom stereocenters. The molecule has 1 aliphatic carbocycles. The first-order valence-corrected chi connectivity index (χ1v) is 8.24. The van der Waals surface area contributed by atoms with Crippen LogP contribution in [0.2, 0.25) is 0 Å². The molecule has 0 saturated heterocycles. The quantitative estimate of drug-likeness (QED) is 0.646. The lowest BCUT2D eigenvalue weighted by molar-refractivity contribution is -0.0498. The smallest absolute Gasteiger partial charge is 0.387 e. The van der Waals surface area contributed by atoms with Crippen LogP contribution in [0, 0.1) is 11.6 Å². The van der Waals surface area contributed by atoms with Gasteiger partial charge in [0, 0.05) is 17.5 Å². The summed E-state index contributed by atoms with van der Waals surface area (Å²) in [6.07, 6.45) is 1.45.